The minimum absolute atomic E-state index is 0.154. The maximum absolute atomic E-state index is 13.2. The summed E-state index contributed by atoms with van der Waals surface area (Å²) in [7, 11) is 3.55. The average molecular weight is 442 g/mol. The number of para-hydroxylation sites is 1. The Kier molecular flexibility index (Phi) is 4.85. The Hall–Kier alpha value is -2.80. The third-order valence-electron chi connectivity index (χ3n) is 5.03. The highest BCUT2D eigenvalue weighted by atomic mass is 79.9. The van der Waals surface area contributed by atoms with E-state index in [1.165, 1.54) is 4.90 Å². The third-order valence-corrected chi connectivity index (χ3v) is 5.67. The van der Waals surface area contributed by atoms with Crippen LogP contribution in [0.5, 0.6) is 5.75 Å². The van der Waals surface area contributed by atoms with Crippen LogP contribution in [-0.4, -0.2) is 35.1 Å². The Labute approximate surface area is 171 Å². The molecule has 1 aliphatic rings. The molecule has 28 heavy (non-hydrogen) atoms. The average Bonchev–Trinajstić information content (AvgIpc) is 3.03. The first-order valence-electron chi connectivity index (χ1n) is 8.98. The molecule has 4 rings (SSSR count). The van der Waals surface area contributed by atoms with Gasteiger partial charge in [-0.05, 0) is 39.7 Å². The number of methoxy groups -OCH3 is 1. The minimum atomic E-state index is -0.292. The normalized spacial score (nSPS) is 14.8. The van der Waals surface area contributed by atoms with Gasteiger partial charge in [-0.25, -0.2) is 4.79 Å². The summed E-state index contributed by atoms with van der Waals surface area (Å²) in [4.78, 5) is 28.7. The van der Waals surface area contributed by atoms with Crippen LogP contribution in [0, 0.1) is 0 Å². The SMILES string of the molecule is COc1ccc(CN2C(=O)CCN(c3cn(C)c4c(Br)cccc34)C2=O)cc1. The number of imide groups is 1. The number of hydrogen-bond donors (Lipinski definition) is 0. The van der Waals surface area contributed by atoms with Crippen LogP contribution in [0.4, 0.5) is 10.5 Å². The van der Waals surface area contributed by atoms with Crippen molar-refractivity contribution in [3.8, 4) is 5.75 Å². The highest BCUT2D eigenvalue weighted by Gasteiger charge is 2.34. The molecule has 0 atom stereocenters. The van der Waals surface area contributed by atoms with Crippen molar-refractivity contribution in [2.45, 2.75) is 13.0 Å². The van der Waals surface area contributed by atoms with Crippen molar-refractivity contribution in [2.75, 3.05) is 18.6 Å². The lowest BCUT2D eigenvalue weighted by Gasteiger charge is -2.34. The van der Waals surface area contributed by atoms with E-state index in [1.54, 1.807) is 12.0 Å². The van der Waals surface area contributed by atoms with Gasteiger partial charge in [0.1, 0.15) is 5.75 Å². The molecule has 0 unspecified atom stereocenters. The standard InChI is InChI=1S/C21H20BrN3O3/c1-23-13-18(16-4-3-5-17(22)20(16)23)24-11-10-19(26)25(21(24)27)12-14-6-8-15(28-2)9-7-14/h3-9,13H,10-12H2,1-2H3. The zero-order valence-electron chi connectivity index (χ0n) is 15.7. The van der Waals surface area contributed by atoms with E-state index in [1.807, 2.05) is 60.3 Å². The summed E-state index contributed by atoms with van der Waals surface area (Å²) in [5.74, 6) is 0.585. The number of halogens is 1. The third kappa shape index (κ3) is 3.16. The highest BCUT2D eigenvalue weighted by Crippen LogP contribution is 2.35. The van der Waals surface area contributed by atoms with Gasteiger partial charge in [0, 0.05) is 36.1 Å². The Morgan fingerprint density at radius 2 is 1.86 bits per heavy atom. The second-order valence-corrected chi connectivity index (χ2v) is 7.63. The fourth-order valence-electron chi connectivity index (χ4n) is 3.60. The molecule has 1 aliphatic heterocycles. The molecule has 3 amide bonds. The molecule has 6 nitrogen and oxygen atoms in total. The molecule has 0 bridgehead atoms. The maximum Gasteiger partial charge on any atom is 0.331 e. The fraction of sp³-hybridized carbons (Fsp3) is 0.238. The number of aromatic nitrogens is 1. The zero-order chi connectivity index (χ0) is 19.8. The van der Waals surface area contributed by atoms with Gasteiger partial charge in [0.05, 0.1) is 24.9 Å². The molecule has 1 aromatic heterocycles. The second kappa shape index (κ2) is 7.31. The molecule has 7 heteroatoms. The first-order chi connectivity index (χ1) is 13.5. The van der Waals surface area contributed by atoms with Gasteiger partial charge in [-0.2, -0.15) is 0 Å². The molecule has 1 saturated heterocycles. The van der Waals surface area contributed by atoms with Crippen LogP contribution >= 0.6 is 15.9 Å². The van der Waals surface area contributed by atoms with E-state index in [0.29, 0.717) is 13.0 Å². The van der Waals surface area contributed by atoms with Crippen LogP contribution in [0.1, 0.15) is 12.0 Å². The number of amides is 3. The fourth-order valence-corrected chi connectivity index (χ4v) is 4.24. The predicted molar refractivity (Wildman–Crippen MR) is 112 cm³/mol. The highest BCUT2D eigenvalue weighted by molar-refractivity contribution is 9.10. The number of ether oxygens (including phenoxy) is 1. The molecular weight excluding hydrogens is 422 g/mol. The number of carbonyl (C=O) groups is 2. The lowest BCUT2D eigenvalue weighted by atomic mass is 10.1. The van der Waals surface area contributed by atoms with Crippen LogP contribution in [0.25, 0.3) is 10.9 Å². The number of carbonyl (C=O) groups excluding carboxylic acids is 2. The Morgan fingerprint density at radius 1 is 1.11 bits per heavy atom. The number of nitrogens with zero attached hydrogens (tertiary/aromatic N) is 3. The molecule has 2 aromatic carbocycles. The quantitative estimate of drug-likeness (QED) is 0.605. The van der Waals surface area contributed by atoms with Crippen molar-refractivity contribution in [2.24, 2.45) is 7.05 Å². The van der Waals surface area contributed by atoms with Crippen LogP contribution < -0.4 is 9.64 Å². The number of hydrogen-bond acceptors (Lipinski definition) is 3. The van der Waals surface area contributed by atoms with Gasteiger partial charge in [-0.1, -0.05) is 24.3 Å². The van der Waals surface area contributed by atoms with Crippen LogP contribution in [0.3, 0.4) is 0 Å². The Balaban J connectivity index is 1.66. The second-order valence-electron chi connectivity index (χ2n) is 6.77. The maximum atomic E-state index is 13.2. The van der Waals surface area contributed by atoms with Gasteiger partial charge in [0.15, 0.2) is 0 Å². The molecule has 0 aliphatic carbocycles. The molecule has 0 N–H and O–H groups in total. The lowest BCUT2D eigenvalue weighted by molar-refractivity contribution is -0.129. The van der Waals surface area contributed by atoms with E-state index in [2.05, 4.69) is 15.9 Å². The van der Waals surface area contributed by atoms with Crippen molar-refractivity contribution < 1.29 is 14.3 Å². The summed E-state index contributed by atoms with van der Waals surface area (Å²) in [5, 5.41) is 0.976. The number of rotatable bonds is 4. The van der Waals surface area contributed by atoms with Crippen molar-refractivity contribution in [3.05, 3.63) is 58.7 Å². The first-order valence-corrected chi connectivity index (χ1v) is 9.77. The van der Waals surface area contributed by atoms with Crippen molar-refractivity contribution >= 4 is 44.5 Å². The van der Waals surface area contributed by atoms with Gasteiger partial charge in [0.25, 0.3) is 0 Å². The molecule has 144 valence electrons. The summed E-state index contributed by atoms with van der Waals surface area (Å²) in [6, 6.07) is 13.0. The van der Waals surface area contributed by atoms with Crippen molar-refractivity contribution in [1.29, 1.82) is 0 Å². The van der Waals surface area contributed by atoms with Gasteiger partial charge >= 0.3 is 6.03 Å². The summed E-state index contributed by atoms with van der Waals surface area (Å²) < 4.78 is 8.13. The summed E-state index contributed by atoms with van der Waals surface area (Å²) in [6.45, 7) is 0.620. The molecular formula is C21H20BrN3O3. The smallest absolute Gasteiger partial charge is 0.331 e. The summed E-state index contributed by atoms with van der Waals surface area (Å²) in [6.07, 6.45) is 2.24. The Morgan fingerprint density at radius 3 is 2.57 bits per heavy atom. The number of urea groups is 1. The number of fused-ring (bicyclic) bond motifs is 1. The molecule has 0 spiro atoms. The van der Waals surface area contributed by atoms with Gasteiger partial charge < -0.3 is 9.30 Å². The van der Waals surface area contributed by atoms with E-state index in [4.69, 9.17) is 4.74 Å². The van der Waals surface area contributed by atoms with E-state index < -0.39 is 0 Å². The van der Waals surface area contributed by atoms with Gasteiger partial charge in [-0.15, -0.1) is 0 Å². The number of benzene rings is 2. The van der Waals surface area contributed by atoms with E-state index in [0.717, 1.165) is 32.4 Å². The topological polar surface area (TPSA) is 54.8 Å². The lowest BCUT2D eigenvalue weighted by Crippen LogP contribution is -2.52. The zero-order valence-corrected chi connectivity index (χ0v) is 17.3. The van der Waals surface area contributed by atoms with Crippen LogP contribution in [0.2, 0.25) is 0 Å². The number of aryl methyl sites for hydroxylation is 1. The minimum Gasteiger partial charge on any atom is -0.497 e. The van der Waals surface area contributed by atoms with Crippen LogP contribution in [0.15, 0.2) is 53.1 Å². The van der Waals surface area contributed by atoms with Gasteiger partial charge in [-0.3, -0.25) is 14.6 Å². The predicted octanol–water partition coefficient (Wildman–Crippen LogP) is 4.31. The molecule has 2 heterocycles. The van der Waals surface area contributed by atoms with E-state index in [-0.39, 0.29) is 18.5 Å². The molecule has 3 aromatic rings. The summed E-state index contributed by atoms with van der Waals surface area (Å²) in [5.41, 5.74) is 2.71. The molecule has 1 fully saturated rings. The van der Waals surface area contributed by atoms with E-state index in [9.17, 15) is 9.59 Å². The molecule has 0 radical (unpaired) electrons. The first kappa shape index (κ1) is 18.6. The summed E-state index contributed by atoms with van der Waals surface area (Å²) >= 11 is 3.58. The van der Waals surface area contributed by atoms with Gasteiger partial charge in [0.2, 0.25) is 5.91 Å². The number of anilines is 1. The Bertz CT molecular complexity index is 1060. The van der Waals surface area contributed by atoms with Crippen LogP contribution in [-0.2, 0) is 18.4 Å². The van der Waals surface area contributed by atoms with Crippen molar-refractivity contribution in [3.63, 3.8) is 0 Å². The monoisotopic (exact) mass is 441 g/mol. The van der Waals surface area contributed by atoms with Crippen molar-refractivity contribution in [1.82, 2.24) is 9.47 Å². The van der Waals surface area contributed by atoms with E-state index >= 15 is 0 Å². The molecule has 0 saturated carbocycles. The largest absolute Gasteiger partial charge is 0.497 e.